The molecule has 0 atom stereocenters. The van der Waals surface area contributed by atoms with Gasteiger partial charge in [-0.2, -0.15) is 0 Å². The van der Waals surface area contributed by atoms with Crippen molar-refractivity contribution in [2.24, 2.45) is 0 Å². The Hall–Kier alpha value is 4.88. The Kier molecular flexibility index (Phi) is 377. The molecular formula is P4U3. The van der Waals surface area contributed by atoms with Crippen molar-refractivity contribution in [2.75, 3.05) is 0 Å². The van der Waals surface area contributed by atoms with E-state index in [9.17, 15) is 0 Å². The van der Waals surface area contributed by atoms with Crippen molar-refractivity contribution in [1.82, 2.24) is 0 Å². The molecule has 0 aliphatic rings. The third-order valence-corrected chi connectivity index (χ3v) is 0. The number of rotatable bonds is 0. The van der Waals surface area contributed by atoms with Gasteiger partial charge >= 0.3 is 93.3 Å². The van der Waals surface area contributed by atoms with Crippen LogP contribution in [0.25, 0.3) is 0 Å². The third kappa shape index (κ3) is 36.0. The van der Waals surface area contributed by atoms with Gasteiger partial charge in [0.2, 0.25) is 0 Å². The second-order valence-electron chi connectivity index (χ2n) is 0. The molecule has 0 aliphatic heterocycles. The van der Waals surface area contributed by atoms with Crippen molar-refractivity contribution in [3.05, 3.63) is 0 Å². The maximum atomic E-state index is 0. The fourth-order valence-electron chi connectivity index (χ4n) is 0. The van der Waals surface area contributed by atoms with E-state index >= 15 is 0 Å². The Labute approximate surface area is 130 Å². The van der Waals surface area contributed by atoms with Crippen LogP contribution in [0.5, 0.6) is 0 Å². The molecule has 0 saturated carbocycles. The zero-order valence-corrected chi connectivity index (χ0v) is 19.4. The molecule has 0 unspecified atom stereocenters. The summed E-state index contributed by atoms with van der Waals surface area (Å²) in [5.74, 6) is 0. The van der Waals surface area contributed by atoms with E-state index in [4.69, 9.17) is 0 Å². The van der Waals surface area contributed by atoms with Gasteiger partial charge in [-0.25, -0.2) is 0 Å². The van der Waals surface area contributed by atoms with Gasteiger partial charge in [-0.3, -0.25) is 0 Å². The Morgan fingerprint density at radius 1 is 0.286 bits per heavy atom. The SMILES string of the molecule is [P-3].[P-3].[P-3].[P-3].[U+4].[U+4].[U+4]. The van der Waals surface area contributed by atoms with Crippen LogP contribution < -0.4 is 0 Å². The molecule has 0 bridgehead atoms. The molecule has 0 nitrogen and oxygen atoms in total. The molecule has 32 valence electrons. The molecule has 0 aromatic carbocycles. The van der Waals surface area contributed by atoms with E-state index in [1.165, 1.54) is 0 Å². The van der Waals surface area contributed by atoms with Crippen molar-refractivity contribution < 1.29 is 93.3 Å². The predicted octanol–water partition coefficient (Wildman–Crippen LogP) is 3.44. The quantitative estimate of drug-likeness (QED) is 0.329. The molecule has 0 radical (unpaired) electrons. The van der Waals surface area contributed by atoms with Crippen molar-refractivity contribution in [1.29, 1.82) is 0 Å². The maximum absolute atomic E-state index is 0. The Morgan fingerprint density at radius 3 is 0.286 bits per heavy atom. The fourth-order valence-corrected chi connectivity index (χ4v) is 0. The van der Waals surface area contributed by atoms with Crippen LogP contribution in [0.15, 0.2) is 0 Å². The Morgan fingerprint density at radius 2 is 0.286 bits per heavy atom. The van der Waals surface area contributed by atoms with Crippen LogP contribution in [0, 0.1) is 93.3 Å². The first-order valence-corrected chi connectivity index (χ1v) is 0. The summed E-state index contributed by atoms with van der Waals surface area (Å²) in [5.41, 5.74) is 0. The van der Waals surface area contributed by atoms with Gasteiger partial charge in [0.15, 0.2) is 0 Å². The van der Waals surface area contributed by atoms with Crippen LogP contribution in [0.4, 0.5) is 0 Å². The molecule has 0 aromatic heterocycles. The topological polar surface area (TPSA) is 0 Å². The van der Waals surface area contributed by atoms with Crippen molar-refractivity contribution in [3.63, 3.8) is 0 Å². The fraction of sp³-hybridized carbons (Fsp3) is 0. The molecule has 7 heavy (non-hydrogen) atoms. The molecule has 0 rings (SSSR count). The van der Waals surface area contributed by atoms with E-state index in [0.717, 1.165) is 0 Å². The van der Waals surface area contributed by atoms with Crippen LogP contribution in [0.2, 0.25) is 0 Å². The molecule has 0 saturated heterocycles. The van der Waals surface area contributed by atoms with Gasteiger partial charge in [0.1, 0.15) is 0 Å². The largest absolute Gasteiger partial charge is 4.00 e. The number of hydrogen-bond acceptors (Lipinski definition) is 0. The van der Waals surface area contributed by atoms with E-state index in [1.807, 2.05) is 0 Å². The summed E-state index contributed by atoms with van der Waals surface area (Å²) in [5, 5.41) is 0. The minimum absolute atomic E-state index is 0. The van der Waals surface area contributed by atoms with Gasteiger partial charge in [-0.05, 0) is 0 Å². The summed E-state index contributed by atoms with van der Waals surface area (Å²) in [6.45, 7) is 0. The third-order valence-electron chi connectivity index (χ3n) is 0. The molecule has 0 amide bonds. The zero-order valence-electron chi connectivity index (χ0n) is 3.29. The van der Waals surface area contributed by atoms with E-state index < -0.39 is 0 Å². The minimum Gasteiger partial charge on any atom is -3.00 e. The average molecular weight is 838 g/mol. The molecule has 0 fully saturated rings. The van der Waals surface area contributed by atoms with Gasteiger partial charge in [-0.15, -0.1) is 0 Å². The van der Waals surface area contributed by atoms with E-state index in [1.54, 1.807) is 0 Å². The molecule has 0 heterocycles. The van der Waals surface area contributed by atoms with Crippen LogP contribution >= 0.6 is 39.6 Å². The summed E-state index contributed by atoms with van der Waals surface area (Å²) in [7, 11) is 0. The standard InChI is InChI=1S/4P.3U/q4*-3;3*+4. The summed E-state index contributed by atoms with van der Waals surface area (Å²) >= 11 is 0. The van der Waals surface area contributed by atoms with E-state index in [-0.39, 0.29) is 133 Å². The molecule has 7 heteroatoms. The normalized spacial score (nSPS) is 0. The monoisotopic (exact) mass is 838 g/mol. The molecule has 0 aliphatic carbocycles. The second-order valence-corrected chi connectivity index (χ2v) is 0. The van der Waals surface area contributed by atoms with E-state index in [2.05, 4.69) is 0 Å². The van der Waals surface area contributed by atoms with Gasteiger partial charge in [0.05, 0.1) is 0 Å². The number of hydrogen-bond donors (Lipinski definition) is 0. The van der Waals surface area contributed by atoms with Crippen LogP contribution in [-0.2, 0) is 0 Å². The summed E-state index contributed by atoms with van der Waals surface area (Å²) < 4.78 is 0. The van der Waals surface area contributed by atoms with Gasteiger partial charge in [-0.1, -0.05) is 0 Å². The Balaban J connectivity index is 0. The molecule has 0 spiro atoms. The first-order chi connectivity index (χ1) is 0. The van der Waals surface area contributed by atoms with Gasteiger partial charge < -0.3 is 39.6 Å². The maximum Gasteiger partial charge on any atom is 4.00 e. The van der Waals surface area contributed by atoms with Crippen LogP contribution in [0.1, 0.15) is 0 Å². The Bertz CT molecular complexity index is 6.90. The first-order valence-electron chi connectivity index (χ1n) is 0. The summed E-state index contributed by atoms with van der Waals surface area (Å²) in [6.07, 6.45) is 0. The van der Waals surface area contributed by atoms with Crippen LogP contribution in [-0.4, -0.2) is 0 Å². The summed E-state index contributed by atoms with van der Waals surface area (Å²) in [4.78, 5) is 0. The van der Waals surface area contributed by atoms with Crippen molar-refractivity contribution >= 4 is 39.6 Å². The molecule has 0 N–H and O–H groups in total. The summed E-state index contributed by atoms with van der Waals surface area (Å²) in [6, 6.07) is 0. The predicted molar refractivity (Wildman–Crippen MR) is 27.7 cm³/mol. The second kappa shape index (κ2) is 44.6. The van der Waals surface area contributed by atoms with Crippen molar-refractivity contribution in [2.45, 2.75) is 0 Å². The van der Waals surface area contributed by atoms with Crippen LogP contribution in [0.3, 0.4) is 0 Å². The molecular weight excluding hydrogens is 838 g/mol. The molecule has 0 aromatic rings. The van der Waals surface area contributed by atoms with Gasteiger partial charge in [0.25, 0.3) is 0 Å². The zero-order chi connectivity index (χ0) is 0. The van der Waals surface area contributed by atoms with Crippen molar-refractivity contribution in [3.8, 4) is 0 Å². The minimum atomic E-state index is 0. The van der Waals surface area contributed by atoms with Gasteiger partial charge in [0, 0.05) is 0 Å². The first kappa shape index (κ1) is 59.1. The average Bonchev–Trinajstić information content (AvgIpc) is 0. The van der Waals surface area contributed by atoms with E-state index in [0.29, 0.717) is 0 Å². The smallest absolute Gasteiger partial charge is 3.00 e.